The Morgan fingerprint density at radius 2 is 1.12 bits per heavy atom. The molecule has 1 nitrogen and oxygen atoms in total. The summed E-state index contributed by atoms with van der Waals surface area (Å²) in [5.41, 5.74) is 2.51. The zero-order chi connectivity index (χ0) is 17.5. The molecule has 0 saturated heterocycles. The van der Waals surface area contributed by atoms with Crippen LogP contribution in [0.25, 0.3) is 0 Å². The molecular formula is C23H38O. The van der Waals surface area contributed by atoms with Crippen LogP contribution >= 0.6 is 0 Å². The maximum absolute atomic E-state index is 12.0. The Labute approximate surface area is 150 Å². The van der Waals surface area contributed by atoms with Crippen molar-refractivity contribution in [2.45, 2.75) is 104 Å². The van der Waals surface area contributed by atoms with E-state index < -0.39 is 0 Å². The third kappa shape index (κ3) is 10.6. The smallest absolute Gasteiger partial charge is 0.137 e. The molecule has 0 heterocycles. The van der Waals surface area contributed by atoms with Crippen LogP contribution in [0.2, 0.25) is 0 Å². The third-order valence-electron chi connectivity index (χ3n) is 4.89. The van der Waals surface area contributed by atoms with Gasteiger partial charge in [-0.1, -0.05) is 102 Å². The van der Waals surface area contributed by atoms with Crippen molar-refractivity contribution >= 4 is 5.78 Å². The maximum atomic E-state index is 12.0. The van der Waals surface area contributed by atoms with Gasteiger partial charge in [0.05, 0.1) is 0 Å². The molecule has 0 atom stereocenters. The summed E-state index contributed by atoms with van der Waals surface area (Å²) in [7, 11) is 0. The lowest BCUT2D eigenvalue weighted by Crippen LogP contribution is -2.02. The van der Waals surface area contributed by atoms with E-state index in [2.05, 4.69) is 38.1 Å². The summed E-state index contributed by atoms with van der Waals surface area (Å²) in [5.74, 6) is 0.398. The van der Waals surface area contributed by atoms with Crippen molar-refractivity contribution in [3.63, 3.8) is 0 Å². The number of carbonyl (C=O) groups is 1. The van der Waals surface area contributed by atoms with Gasteiger partial charge >= 0.3 is 0 Å². The first-order valence-electron chi connectivity index (χ1n) is 10.4. The van der Waals surface area contributed by atoms with Crippen LogP contribution in [0.5, 0.6) is 0 Å². The van der Waals surface area contributed by atoms with E-state index in [0.717, 1.165) is 19.3 Å². The SMILES string of the molecule is CCCCCCCCCCCCCC(=O)Cc1ccc(CC)cc1. The minimum Gasteiger partial charge on any atom is -0.299 e. The molecule has 1 heteroatoms. The van der Waals surface area contributed by atoms with Gasteiger partial charge in [-0.25, -0.2) is 0 Å². The van der Waals surface area contributed by atoms with E-state index in [4.69, 9.17) is 0 Å². The van der Waals surface area contributed by atoms with Crippen molar-refractivity contribution in [2.75, 3.05) is 0 Å². The van der Waals surface area contributed by atoms with Crippen LogP contribution in [-0.2, 0) is 17.6 Å². The highest BCUT2D eigenvalue weighted by molar-refractivity contribution is 5.80. The average Bonchev–Trinajstić information content (AvgIpc) is 2.60. The topological polar surface area (TPSA) is 17.1 Å². The van der Waals surface area contributed by atoms with Gasteiger partial charge in [-0.3, -0.25) is 4.79 Å². The number of benzene rings is 1. The monoisotopic (exact) mass is 330 g/mol. The quantitative estimate of drug-likeness (QED) is 0.314. The van der Waals surface area contributed by atoms with Crippen molar-refractivity contribution in [1.82, 2.24) is 0 Å². The van der Waals surface area contributed by atoms with Gasteiger partial charge < -0.3 is 0 Å². The van der Waals surface area contributed by atoms with E-state index >= 15 is 0 Å². The van der Waals surface area contributed by atoms with E-state index in [0.29, 0.717) is 12.2 Å². The Bertz CT molecular complexity index is 418. The van der Waals surface area contributed by atoms with E-state index in [1.165, 1.54) is 75.3 Å². The summed E-state index contributed by atoms with van der Waals surface area (Å²) in [4.78, 5) is 12.0. The number of ketones is 1. The Morgan fingerprint density at radius 1 is 0.667 bits per heavy atom. The number of carbonyl (C=O) groups excluding carboxylic acids is 1. The van der Waals surface area contributed by atoms with E-state index in [1.807, 2.05) is 0 Å². The fourth-order valence-corrected chi connectivity index (χ4v) is 3.20. The van der Waals surface area contributed by atoms with Gasteiger partial charge in [0, 0.05) is 12.8 Å². The second kappa shape index (κ2) is 14.3. The molecule has 0 fully saturated rings. The number of Topliss-reactive ketones (excluding diaryl/α,β-unsaturated/α-hetero) is 1. The van der Waals surface area contributed by atoms with E-state index in [-0.39, 0.29) is 0 Å². The molecule has 0 saturated carbocycles. The minimum absolute atomic E-state index is 0.398. The van der Waals surface area contributed by atoms with Crippen molar-refractivity contribution in [3.8, 4) is 0 Å². The van der Waals surface area contributed by atoms with Crippen LogP contribution in [0.3, 0.4) is 0 Å². The summed E-state index contributed by atoms with van der Waals surface area (Å²) in [6.45, 7) is 4.43. The number of aryl methyl sites for hydroxylation is 1. The van der Waals surface area contributed by atoms with Gasteiger partial charge in [0.1, 0.15) is 5.78 Å². The fraction of sp³-hybridized carbons (Fsp3) is 0.696. The highest BCUT2D eigenvalue weighted by Gasteiger charge is 2.04. The second-order valence-electron chi connectivity index (χ2n) is 7.17. The lowest BCUT2D eigenvalue weighted by molar-refractivity contribution is -0.118. The first-order valence-corrected chi connectivity index (χ1v) is 10.4. The fourth-order valence-electron chi connectivity index (χ4n) is 3.20. The van der Waals surface area contributed by atoms with E-state index in [9.17, 15) is 4.79 Å². The predicted molar refractivity (Wildman–Crippen MR) is 106 cm³/mol. The molecule has 0 unspecified atom stereocenters. The zero-order valence-corrected chi connectivity index (χ0v) is 16.1. The molecule has 1 rings (SSSR count). The molecule has 0 radical (unpaired) electrons. The summed E-state index contributed by atoms with van der Waals surface area (Å²) >= 11 is 0. The van der Waals surface area contributed by atoms with Crippen molar-refractivity contribution < 1.29 is 4.79 Å². The summed E-state index contributed by atoms with van der Waals surface area (Å²) in [6, 6.07) is 8.50. The Hall–Kier alpha value is -1.11. The van der Waals surface area contributed by atoms with Gasteiger partial charge in [0.25, 0.3) is 0 Å². The van der Waals surface area contributed by atoms with Gasteiger partial charge in [-0.15, -0.1) is 0 Å². The molecule has 1 aromatic rings. The largest absolute Gasteiger partial charge is 0.299 e. The van der Waals surface area contributed by atoms with E-state index in [1.54, 1.807) is 0 Å². The zero-order valence-electron chi connectivity index (χ0n) is 16.1. The number of hydrogen-bond acceptors (Lipinski definition) is 1. The first-order chi connectivity index (χ1) is 11.8. The van der Waals surface area contributed by atoms with Crippen LogP contribution in [0.4, 0.5) is 0 Å². The standard InChI is InChI=1S/C23H38O/c1-3-5-6-7-8-9-10-11-12-13-14-15-23(24)20-22-18-16-21(4-2)17-19-22/h16-19H,3-15,20H2,1-2H3. The molecule has 0 spiro atoms. The lowest BCUT2D eigenvalue weighted by atomic mass is 10.0. The number of hydrogen-bond donors (Lipinski definition) is 0. The van der Waals surface area contributed by atoms with Crippen LogP contribution in [-0.4, -0.2) is 5.78 Å². The normalized spacial score (nSPS) is 10.9. The highest BCUT2D eigenvalue weighted by atomic mass is 16.1. The Balaban J connectivity index is 1.94. The molecule has 0 aliphatic heterocycles. The first kappa shape index (κ1) is 20.9. The number of unbranched alkanes of at least 4 members (excludes halogenated alkanes) is 10. The summed E-state index contributed by atoms with van der Waals surface area (Å²) in [5, 5.41) is 0. The molecule has 0 aliphatic rings. The molecule has 0 amide bonds. The molecule has 0 bridgehead atoms. The van der Waals surface area contributed by atoms with Crippen molar-refractivity contribution in [2.24, 2.45) is 0 Å². The highest BCUT2D eigenvalue weighted by Crippen LogP contribution is 2.13. The molecule has 0 aliphatic carbocycles. The van der Waals surface area contributed by atoms with Gasteiger partial charge in [-0.05, 0) is 24.0 Å². The lowest BCUT2D eigenvalue weighted by Gasteiger charge is -2.04. The van der Waals surface area contributed by atoms with Gasteiger partial charge in [-0.2, -0.15) is 0 Å². The van der Waals surface area contributed by atoms with Crippen LogP contribution in [0, 0.1) is 0 Å². The summed E-state index contributed by atoms with van der Waals surface area (Å²) < 4.78 is 0. The molecule has 24 heavy (non-hydrogen) atoms. The molecule has 1 aromatic carbocycles. The average molecular weight is 331 g/mol. The Morgan fingerprint density at radius 3 is 1.62 bits per heavy atom. The van der Waals surface area contributed by atoms with Crippen molar-refractivity contribution in [1.29, 1.82) is 0 Å². The molecular weight excluding hydrogens is 292 g/mol. The van der Waals surface area contributed by atoms with Crippen LogP contribution in [0.1, 0.15) is 102 Å². The maximum Gasteiger partial charge on any atom is 0.137 e. The van der Waals surface area contributed by atoms with Crippen LogP contribution in [0.15, 0.2) is 24.3 Å². The summed E-state index contributed by atoms with van der Waals surface area (Å²) in [6.07, 6.45) is 17.1. The molecule has 136 valence electrons. The van der Waals surface area contributed by atoms with Gasteiger partial charge in [0.15, 0.2) is 0 Å². The Kier molecular flexibility index (Phi) is 12.4. The van der Waals surface area contributed by atoms with Gasteiger partial charge in [0.2, 0.25) is 0 Å². The second-order valence-corrected chi connectivity index (χ2v) is 7.17. The third-order valence-corrected chi connectivity index (χ3v) is 4.89. The van der Waals surface area contributed by atoms with Crippen LogP contribution < -0.4 is 0 Å². The predicted octanol–water partition coefficient (Wildman–Crippen LogP) is 7.06. The minimum atomic E-state index is 0.398. The molecule has 0 N–H and O–H groups in total. The van der Waals surface area contributed by atoms with Crippen molar-refractivity contribution in [3.05, 3.63) is 35.4 Å². The number of rotatable bonds is 15. The molecule has 0 aromatic heterocycles.